The average molecular weight is 270 g/mol. The standard InChI is InChI=1S/C17H18OS/c1-11-7-8-14(12(2)9-11)17(18)16-10-13-5-3-4-6-15(13)19-16/h3-9,16-18H,10H2,1-2H3. The van der Waals surface area contributed by atoms with Crippen LogP contribution in [0.2, 0.25) is 0 Å². The SMILES string of the molecule is Cc1ccc(C(O)C2Cc3ccccc3S2)c(C)c1. The second kappa shape index (κ2) is 5.03. The highest BCUT2D eigenvalue weighted by atomic mass is 32.2. The van der Waals surface area contributed by atoms with E-state index in [0.29, 0.717) is 0 Å². The minimum Gasteiger partial charge on any atom is -0.387 e. The fraction of sp³-hybridized carbons (Fsp3) is 0.294. The lowest BCUT2D eigenvalue weighted by molar-refractivity contribution is 0.174. The minimum absolute atomic E-state index is 0.235. The molecule has 1 nitrogen and oxygen atoms in total. The lowest BCUT2D eigenvalue weighted by atomic mass is 9.96. The quantitative estimate of drug-likeness (QED) is 0.888. The van der Waals surface area contributed by atoms with Gasteiger partial charge in [-0.15, -0.1) is 11.8 Å². The topological polar surface area (TPSA) is 20.2 Å². The van der Waals surface area contributed by atoms with E-state index in [9.17, 15) is 5.11 Å². The van der Waals surface area contributed by atoms with Crippen LogP contribution in [0.25, 0.3) is 0 Å². The third-order valence-electron chi connectivity index (χ3n) is 3.77. The first kappa shape index (κ1) is 12.8. The molecule has 0 saturated carbocycles. The summed E-state index contributed by atoms with van der Waals surface area (Å²) in [6.07, 6.45) is 0.563. The van der Waals surface area contributed by atoms with Gasteiger partial charge in [0.15, 0.2) is 0 Å². The van der Waals surface area contributed by atoms with Gasteiger partial charge in [-0.25, -0.2) is 0 Å². The van der Waals surface area contributed by atoms with E-state index in [1.807, 2.05) is 0 Å². The van der Waals surface area contributed by atoms with Crippen molar-refractivity contribution >= 4 is 11.8 Å². The molecule has 2 atom stereocenters. The molecular weight excluding hydrogens is 252 g/mol. The molecule has 19 heavy (non-hydrogen) atoms. The van der Waals surface area contributed by atoms with Crippen molar-refractivity contribution in [3.63, 3.8) is 0 Å². The predicted octanol–water partition coefficient (Wildman–Crippen LogP) is 4.05. The Morgan fingerprint density at radius 2 is 1.95 bits per heavy atom. The van der Waals surface area contributed by atoms with Crippen LogP contribution in [0.3, 0.4) is 0 Å². The van der Waals surface area contributed by atoms with Crippen molar-refractivity contribution in [3.8, 4) is 0 Å². The van der Waals surface area contributed by atoms with E-state index in [4.69, 9.17) is 0 Å². The molecule has 0 fully saturated rings. The van der Waals surface area contributed by atoms with Crippen molar-refractivity contribution in [2.75, 3.05) is 0 Å². The highest BCUT2D eigenvalue weighted by Crippen LogP contribution is 2.42. The van der Waals surface area contributed by atoms with Crippen LogP contribution < -0.4 is 0 Å². The molecule has 1 aliphatic heterocycles. The average Bonchev–Trinajstić information content (AvgIpc) is 2.81. The van der Waals surface area contributed by atoms with Gasteiger partial charge in [0.1, 0.15) is 0 Å². The summed E-state index contributed by atoms with van der Waals surface area (Å²) in [7, 11) is 0. The summed E-state index contributed by atoms with van der Waals surface area (Å²) < 4.78 is 0. The zero-order valence-corrected chi connectivity index (χ0v) is 12.1. The van der Waals surface area contributed by atoms with E-state index >= 15 is 0 Å². The molecule has 1 N–H and O–H groups in total. The highest BCUT2D eigenvalue weighted by molar-refractivity contribution is 8.00. The summed E-state index contributed by atoms with van der Waals surface area (Å²) >= 11 is 1.80. The van der Waals surface area contributed by atoms with E-state index in [2.05, 4.69) is 56.3 Å². The third-order valence-corrected chi connectivity index (χ3v) is 5.15. The van der Waals surface area contributed by atoms with Crippen molar-refractivity contribution < 1.29 is 5.11 Å². The molecule has 0 saturated heterocycles. The van der Waals surface area contributed by atoms with E-state index in [1.54, 1.807) is 11.8 Å². The van der Waals surface area contributed by atoms with Crippen LogP contribution in [-0.4, -0.2) is 10.4 Å². The van der Waals surface area contributed by atoms with Crippen LogP contribution in [0.5, 0.6) is 0 Å². The summed E-state index contributed by atoms with van der Waals surface area (Å²) in [4.78, 5) is 1.32. The first-order valence-corrected chi connectivity index (χ1v) is 7.53. The predicted molar refractivity (Wildman–Crippen MR) is 80.7 cm³/mol. The Labute approximate surface area is 118 Å². The van der Waals surface area contributed by atoms with Gasteiger partial charge < -0.3 is 5.11 Å². The van der Waals surface area contributed by atoms with Crippen molar-refractivity contribution in [1.82, 2.24) is 0 Å². The summed E-state index contributed by atoms with van der Waals surface area (Å²) in [5.74, 6) is 0. The van der Waals surface area contributed by atoms with E-state index < -0.39 is 6.10 Å². The molecule has 2 aromatic rings. The Bertz CT molecular complexity index is 581. The molecule has 1 heterocycles. The fourth-order valence-electron chi connectivity index (χ4n) is 2.74. The van der Waals surface area contributed by atoms with Crippen molar-refractivity contribution in [3.05, 3.63) is 64.7 Å². The Hall–Kier alpha value is -1.25. The smallest absolute Gasteiger partial charge is 0.0917 e. The number of thioether (sulfide) groups is 1. The Balaban J connectivity index is 1.85. The molecule has 0 amide bonds. The van der Waals surface area contributed by atoms with E-state index in [-0.39, 0.29) is 5.25 Å². The Kier molecular flexibility index (Phi) is 3.38. The monoisotopic (exact) mass is 270 g/mol. The van der Waals surface area contributed by atoms with Crippen molar-refractivity contribution in [1.29, 1.82) is 0 Å². The van der Waals surface area contributed by atoms with Crippen LogP contribution >= 0.6 is 11.8 Å². The maximum Gasteiger partial charge on any atom is 0.0917 e. The molecule has 0 spiro atoms. The van der Waals surface area contributed by atoms with Gasteiger partial charge in [-0.2, -0.15) is 0 Å². The molecule has 2 heteroatoms. The normalized spacial score (nSPS) is 19.2. The summed E-state index contributed by atoms with van der Waals surface area (Å²) in [6.45, 7) is 4.17. The molecule has 2 unspecified atom stereocenters. The minimum atomic E-state index is -0.391. The van der Waals surface area contributed by atoms with Gasteiger partial charge in [-0.1, -0.05) is 42.0 Å². The van der Waals surface area contributed by atoms with Crippen LogP contribution in [0.4, 0.5) is 0 Å². The molecule has 0 aliphatic carbocycles. The number of aryl methyl sites for hydroxylation is 2. The van der Waals surface area contributed by atoms with Gasteiger partial charge in [0.05, 0.1) is 6.10 Å². The van der Waals surface area contributed by atoms with Crippen LogP contribution in [0, 0.1) is 13.8 Å². The summed E-state index contributed by atoms with van der Waals surface area (Å²) in [5.41, 5.74) is 4.86. The lowest BCUT2D eigenvalue weighted by Crippen LogP contribution is -2.15. The van der Waals surface area contributed by atoms with Gasteiger partial charge in [0, 0.05) is 10.1 Å². The zero-order valence-electron chi connectivity index (χ0n) is 11.3. The first-order chi connectivity index (χ1) is 9.15. The van der Waals surface area contributed by atoms with Gasteiger partial charge in [0.2, 0.25) is 0 Å². The molecule has 1 aliphatic rings. The maximum atomic E-state index is 10.6. The number of hydrogen-bond acceptors (Lipinski definition) is 2. The van der Waals surface area contributed by atoms with Crippen molar-refractivity contribution in [2.45, 2.75) is 36.5 Å². The fourth-order valence-corrected chi connectivity index (χ4v) is 4.07. The number of aliphatic hydroxyl groups excluding tert-OH is 1. The van der Waals surface area contributed by atoms with Crippen LogP contribution in [0.15, 0.2) is 47.4 Å². The lowest BCUT2D eigenvalue weighted by Gasteiger charge is -2.19. The molecule has 0 radical (unpaired) electrons. The highest BCUT2D eigenvalue weighted by Gasteiger charge is 2.29. The second-order valence-corrected chi connectivity index (χ2v) is 6.55. The van der Waals surface area contributed by atoms with Gasteiger partial charge >= 0.3 is 0 Å². The number of aliphatic hydroxyl groups is 1. The van der Waals surface area contributed by atoms with Gasteiger partial charge in [-0.3, -0.25) is 0 Å². The molecular formula is C17H18OS. The first-order valence-electron chi connectivity index (χ1n) is 6.65. The maximum absolute atomic E-state index is 10.6. The molecule has 2 aromatic carbocycles. The number of rotatable bonds is 2. The molecule has 0 bridgehead atoms. The molecule has 0 aromatic heterocycles. The molecule has 98 valence electrons. The van der Waals surface area contributed by atoms with Crippen LogP contribution in [0.1, 0.15) is 28.4 Å². The van der Waals surface area contributed by atoms with Gasteiger partial charge in [-0.05, 0) is 43.0 Å². The summed E-state index contributed by atoms with van der Waals surface area (Å²) in [5, 5.41) is 10.9. The largest absolute Gasteiger partial charge is 0.387 e. The van der Waals surface area contributed by atoms with E-state index in [0.717, 1.165) is 12.0 Å². The summed E-state index contributed by atoms with van der Waals surface area (Å²) in [6, 6.07) is 14.7. The third kappa shape index (κ3) is 2.43. The second-order valence-electron chi connectivity index (χ2n) is 5.27. The zero-order chi connectivity index (χ0) is 13.4. The van der Waals surface area contributed by atoms with Crippen LogP contribution in [-0.2, 0) is 6.42 Å². The Morgan fingerprint density at radius 1 is 1.16 bits per heavy atom. The Morgan fingerprint density at radius 3 is 2.68 bits per heavy atom. The number of benzene rings is 2. The number of hydrogen-bond donors (Lipinski definition) is 1. The van der Waals surface area contributed by atoms with Crippen molar-refractivity contribution in [2.24, 2.45) is 0 Å². The molecule has 3 rings (SSSR count). The van der Waals surface area contributed by atoms with E-state index in [1.165, 1.54) is 21.6 Å². The van der Waals surface area contributed by atoms with Gasteiger partial charge in [0.25, 0.3) is 0 Å². The number of fused-ring (bicyclic) bond motifs is 1.